The number of para-hydroxylation sites is 2. The maximum Gasteiger partial charge on any atom is 1.00 e. The smallest absolute Gasteiger partial charge is 0.742 e. The van der Waals surface area contributed by atoms with Crippen LogP contribution in [0.25, 0.3) is 44.6 Å². The Morgan fingerprint density at radius 1 is 0.703 bits per heavy atom. The average Bonchev–Trinajstić information content (AvgIpc) is 3.92. The number of aliphatic hydroxyl groups is 2. The van der Waals surface area contributed by atoms with Crippen molar-refractivity contribution in [2.24, 2.45) is 0 Å². The van der Waals surface area contributed by atoms with Crippen LogP contribution in [0.5, 0.6) is 0 Å². The van der Waals surface area contributed by atoms with E-state index in [1.807, 2.05) is 36.4 Å². The molecule has 10 rings (SSSR count). The molecule has 4 aliphatic heterocycles. The van der Waals surface area contributed by atoms with Crippen molar-refractivity contribution in [1.82, 2.24) is 19.1 Å². The zero-order valence-corrected chi connectivity index (χ0v) is 50.9. The minimum absolute atomic E-state index is 0. The molecule has 0 radical (unpaired) electrons. The fourth-order valence-corrected chi connectivity index (χ4v) is 15.5. The fourth-order valence-electron chi connectivity index (χ4n) is 10.2. The summed E-state index contributed by atoms with van der Waals surface area (Å²) in [4.78, 5) is 82.6. The van der Waals surface area contributed by atoms with E-state index in [4.69, 9.17) is 31.0 Å². The van der Waals surface area contributed by atoms with E-state index >= 15 is 0 Å². The second-order valence-corrected chi connectivity index (χ2v) is 34.1. The van der Waals surface area contributed by atoms with Crippen molar-refractivity contribution in [3.05, 3.63) is 126 Å². The number of thioether (sulfide) groups is 1. The number of rotatable bonds is 11. The Morgan fingerprint density at radius 3 is 1.47 bits per heavy atom. The molecule has 4 aliphatic rings. The van der Waals surface area contributed by atoms with Crippen molar-refractivity contribution in [2.45, 2.75) is 129 Å². The molecular formula is C54H60ClKN4O10S2Si2. The molecule has 0 amide bonds. The number of carbonyl (C=O) groups is 4. The standard InChI is InChI=1S/C27H30N2O5SSi.C25H27ClN2O4Si.C2H4OS.K/c1-5-27(33)21-12-23-24-19(13-29(23)25(31)20(21)14-34-26(27)32)17(18-8-6-7-9-22(18)28-24)10-11-36(3,4)15-35-16(2)30;1-4-25(31)19-11-21-22-17(12-28(21)23(29)18(19)13-32-24(25)30)15(9-10-33(2,3)14-26)16-7-5-6-8-20(16)27-22;1-2(3)4;/h6-9,12,33H,5,10-11,13-15H2,1-4H3;5-8,11,31H,4,9-10,12-14H2,1-3H3;1H3,(H,3,4);/q;;;+1/p-1/t27-;25-;;/m00../s1. The van der Waals surface area contributed by atoms with Crippen LogP contribution in [0, 0.1) is 0 Å². The summed E-state index contributed by atoms with van der Waals surface area (Å²) < 4.78 is 13.8. The molecule has 6 aromatic rings. The molecule has 2 aromatic carbocycles. The second-order valence-electron chi connectivity index (χ2n) is 20.8. The number of aryl methyl sites for hydroxylation is 2. The Bertz CT molecular complexity index is 3400. The molecule has 0 bridgehead atoms. The van der Waals surface area contributed by atoms with E-state index in [-0.39, 0.29) is 98.8 Å². The van der Waals surface area contributed by atoms with E-state index in [1.54, 1.807) is 42.0 Å². The number of ether oxygens (including phenoxy) is 2. The van der Waals surface area contributed by atoms with E-state index in [1.165, 1.54) is 29.8 Å². The van der Waals surface area contributed by atoms with Gasteiger partial charge < -0.3 is 46.2 Å². The third-order valence-corrected chi connectivity index (χ3v) is 24.8. The van der Waals surface area contributed by atoms with Crippen molar-refractivity contribution in [3.63, 3.8) is 0 Å². The minimum Gasteiger partial charge on any atom is -0.742 e. The van der Waals surface area contributed by atoms with E-state index < -0.39 is 39.3 Å². The first-order chi connectivity index (χ1) is 34.5. The van der Waals surface area contributed by atoms with E-state index in [9.17, 15) is 39.0 Å². The molecule has 20 heteroatoms. The second kappa shape index (κ2) is 22.7. The molecule has 14 nitrogen and oxygen atoms in total. The topological polar surface area (TPSA) is 197 Å². The van der Waals surface area contributed by atoms with E-state index in [2.05, 4.69) is 50.9 Å². The number of hydrogen-bond acceptors (Lipinski definition) is 14. The summed E-state index contributed by atoms with van der Waals surface area (Å²) in [7, 11) is -3.18. The number of hydrogen-bond donors (Lipinski definition) is 2. The molecule has 8 heterocycles. The normalized spacial score (nSPS) is 17.9. The van der Waals surface area contributed by atoms with Crippen LogP contribution >= 0.6 is 23.4 Å². The van der Waals surface area contributed by atoms with Crippen molar-refractivity contribution in [1.29, 1.82) is 0 Å². The molecule has 74 heavy (non-hydrogen) atoms. The van der Waals surface area contributed by atoms with Gasteiger partial charge in [0.25, 0.3) is 11.1 Å². The van der Waals surface area contributed by atoms with Gasteiger partial charge in [-0.25, -0.2) is 19.6 Å². The SMILES string of the molecule is CC(=O)[S-].CC[C@@]1(O)C(=O)OCc2c1cc1n(c2=O)Cc2c-1nc1ccccc1c2CC[Si](C)(C)CCl.CC[C@@]1(O)C(=O)OCc2c1cc1n(c2=O)Cc2c-1nc1ccccc1c2CC[Si](C)(C)CSC(C)=O.[K+]. The van der Waals surface area contributed by atoms with Gasteiger partial charge in [0.05, 0.1) is 74.2 Å². The molecule has 0 saturated heterocycles. The summed E-state index contributed by atoms with van der Waals surface area (Å²) in [6.45, 7) is 16.1. The molecule has 0 saturated carbocycles. The molecule has 2 atom stereocenters. The number of esters is 2. The maximum atomic E-state index is 13.6. The molecule has 0 fully saturated rings. The number of pyridine rings is 4. The first kappa shape index (κ1) is 58.0. The van der Waals surface area contributed by atoms with Gasteiger partial charge in [-0.2, -0.15) is 0 Å². The number of cyclic esters (lactones) is 2. The summed E-state index contributed by atoms with van der Waals surface area (Å²) in [5, 5.41) is 25.2. The summed E-state index contributed by atoms with van der Waals surface area (Å²) in [5.74, 6) is -1.43. The summed E-state index contributed by atoms with van der Waals surface area (Å²) in [5.41, 5.74) is 6.87. The molecule has 4 aromatic heterocycles. The zero-order valence-electron chi connectivity index (χ0n) is 43.4. The monoisotopic (exact) mass is 1120 g/mol. The first-order valence-corrected chi connectivity index (χ1v) is 33.3. The Balaban J connectivity index is 0.000000200. The number of benzene rings is 2. The molecule has 384 valence electrons. The summed E-state index contributed by atoms with van der Waals surface area (Å²) in [6, 6.07) is 21.7. The van der Waals surface area contributed by atoms with Crippen molar-refractivity contribution < 1.29 is 90.2 Å². The average molecular weight is 1120 g/mol. The van der Waals surface area contributed by atoms with Gasteiger partial charge in [0, 0.05) is 50.6 Å². The number of carbonyl (C=O) groups excluding carboxylic acids is 4. The molecule has 0 aliphatic carbocycles. The van der Waals surface area contributed by atoms with Crippen LogP contribution in [0.4, 0.5) is 0 Å². The van der Waals surface area contributed by atoms with Gasteiger partial charge in [0.2, 0.25) is 0 Å². The van der Waals surface area contributed by atoms with E-state index in [0.717, 1.165) is 74.6 Å². The third-order valence-electron chi connectivity index (χ3n) is 14.6. The number of fused-ring (bicyclic) bond motifs is 10. The largest absolute Gasteiger partial charge is 1.00 e. The molecule has 2 N–H and O–H groups in total. The van der Waals surface area contributed by atoms with E-state index in [0.29, 0.717) is 52.2 Å². The fraction of sp³-hybridized carbons (Fsp3) is 0.407. The number of alkyl halides is 1. The molecule has 0 spiro atoms. The number of halogens is 1. The quantitative estimate of drug-likeness (QED) is 0.0729. The van der Waals surface area contributed by atoms with Gasteiger partial charge in [0.15, 0.2) is 16.3 Å². The number of aromatic nitrogens is 4. The molecule has 0 unspecified atom stereocenters. The van der Waals surface area contributed by atoms with Gasteiger partial charge in [-0.05, 0) is 73.4 Å². The van der Waals surface area contributed by atoms with Crippen molar-refractivity contribution >= 4 is 96.1 Å². The Morgan fingerprint density at radius 2 is 1.09 bits per heavy atom. The van der Waals surface area contributed by atoms with Crippen LogP contribution in [0.1, 0.15) is 85.0 Å². The Kier molecular flexibility index (Phi) is 17.8. The van der Waals surface area contributed by atoms with Crippen LogP contribution in [0.2, 0.25) is 38.3 Å². The predicted molar refractivity (Wildman–Crippen MR) is 293 cm³/mol. The van der Waals surface area contributed by atoms with Crippen molar-refractivity contribution in [3.8, 4) is 22.8 Å². The first-order valence-electron chi connectivity index (χ1n) is 24.5. The Hall–Kier alpha value is -3.71. The van der Waals surface area contributed by atoms with Crippen LogP contribution < -0.4 is 62.5 Å². The van der Waals surface area contributed by atoms with Crippen LogP contribution in [0.3, 0.4) is 0 Å². The van der Waals surface area contributed by atoms with Gasteiger partial charge >= 0.3 is 63.3 Å². The van der Waals surface area contributed by atoms with Gasteiger partial charge in [-0.1, -0.05) is 100 Å². The predicted octanol–water partition coefficient (Wildman–Crippen LogP) is 5.34. The van der Waals surface area contributed by atoms with Crippen LogP contribution in [-0.4, -0.2) is 78.5 Å². The Labute approximate surface area is 489 Å². The van der Waals surface area contributed by atoms with Crippen molar-refractivity contribution in [2.75, 3.05) is 10.9 Å². The number of nitrogens with zero attached hydrogens (tertiary/aromatic N) is 4. The zero-order chi connectivity index (χ0) is 52.9. The summed E-state index contributed by atoms with van der Waals surface area (Å²) in [6.07, 6.45) is 1.96. The third kappa shape index (κ3) is 11.0. The minimum atomic E-state index is -1.84. The molecular weight excluding hydrogens is 1060 g/mol. The van der Waals surface area contributed by atoms with Crippen LogP contribution in [-0.2, 0) is 91.6 Å². The van der Waals surface area contributed by atoms with Gasteiger partial charge in [-0.15, -0.1) is 11.6 Å². The van der Waals surface area contributed by atoms with Gasteiger partial charge in [0.1, 0.15) is 13.2 Å². The van der Waals surface area contributed by atoms with Gasteiger partial charge in [-0.3, -0.25) is 14.4 Å². The van der Waals surface area contributed by atoms with Crippen LogP contribution in [0.15, 0.2) is 70.3 Å². The summed E-state index contributed by atoms with van der Waals surface area (Å²) >= 11 is 11.6. The maximum absolute atomic E-state index is 13.6.